The molecule has 1 aliphatic heterocycles. The van der Waals surface area contributed by atoms with Gasteiger partial charge in [-0.1, -0.05) is 18.2 Å². The highest BCUT2D eigenvalue weighted by Crippen LogP contribution is 2.31. The Morgan fingerprint density at radius 1 is 1.13 bits per heavy atom. The maximum atomic E-state index is 12.0. The Labute approximate surface area is 194 Å². The zero-order valence-electron chi connectivity index (χ0n) is 17.3. The standard InChI is InChI=1S/C22H28N4O3.HI/c1-3-23-22(24-12-13-29-18-10-8-17(28-2)9-11-18)25-15-16-14-21(27)26-20-7-5-4-6-19(16)20;/h4-11,16H,3,12-15H2,1-2H3,(H,26,27)(H2,23,24,25);1H. The number of methoxy groups -OCH3 is 1. The van der Waals surface area contributed by atoms with Gasteiger partial charge in [-0.2, -0.15) is 0 Å². The van der Waals surface area contributed by atoms with Crippen LogP contribution >= 0.6 is 24.0 Å². The van der Waals surface area contributed by atoms with Gasteiger partial charge in [0.1, 0.15) is 18.1 Å². The van der Waals surface area contributed by atoms with E-state index in [0.717, 1.165) is 29.3 Å². The lowest BCUT2D eigenvalue weighted by atomic mass is 9.91. The minimum absolute atomic E-state index is 0. The lowest BCUT2D eigenvalue weighted by Gasteiger charge is -2.24. The molecular formula is C22H29IN4O3. The molecule has 30 heavy (non-hydrogen) atoms. The van der Waals surface area contributed by atoms with Gasteiger partial charge in [0.05, 0.1) is 20.2 Å². The van der Waals surface area contributed by atoms with Gasteiger partial charge in [0, 0.05) is 24.6 Å². The summed E-state index contributed by atoms with van der Waals surface area (Å²) in [7, 11) is 1.64. The van der Waals surface area contributed by atoms with Gasteiger partial charge < -0.3 is 25.4 Å². The van der Waals surface area contributed by atoms with Crippen molar-refractivity contribution in [3.63, 3.8) is 0 Å². The Balaban J connectivity index is 0.00000320. The van der Waals surface area contributed by atoms with E-state index in [2.05, 4.69) is 27.0 Å². The maximum Gasteiger partial charge on any atom is 0.225 e. The number of benzene rings is 2. The van der Waals surface area contributed by atoms with Crippen LogP contribution in [0.25, 0.3) is 0 Å². The van der Waals surface area contributed by atoms with Gasteiger partial charge in [0.15, 0.2) is 5.96 Å². The predicted molar refractivity (Wildman–Crippen MR) is 130 cm³/mol. The summed E-state index contributed by atoms with van der Waals surface area (Å²) in [6.07, 6.45) is 0.445. The largest absolute Gasteiger partial charge is 0.497 e. The van der Waals surface area contributed by atoms with E-state index in [4.69, 9.17) is 9.47 Å². The van der Waals surface area contributed by atoms with Crippen molar-refractivity contribution >= 4 is 41.5 Å². The first-order valence-corrected chi connectivity index (χ1v) is 9.87. The zero-order chi connectivity index (χ0) is 20.5. The smallest absolute Gasteiger partial charge is 0.225 e. The molecule has 7 nitrogen and oxygen atoms in total. The summed E-state index contributed by atoms with van der Waals surface area (Å²) in [4.78, 5) is 16.7. The Kier molecular flexibility index (Phi) is 9.72. The van der Waals surface area contributed by atoms with Gasteiger partial charge in [-0.15, -0.1) is 24.0 Å². The molecule has 0 radical (unpaired) electrons. The predicted octanol–water partition coefficient (Wildman–Crippen LogP) is 3.37. The van der Waals surface area contributed by atoms with Crippen LogP contribution in [0.2, 0.25) is 0 Å². The molecule has 0 saturated heterocycles. The summed E-state index contributed by atoms with van der Waals surface area (Å²) in [6, 6.07) is 15.4. The first-order valence-electron chi connectivity index (χ1n) is 9.87. The number of anilines is 1. The van der Waals surface area contributed by atoms with Gasteiger partial charge >= 0.3 is 0 Å². The average Bonchev–Trinajstić information content (AvgIpc) is 2.75. The van der Waals surface area contributed by atoms with Gasteiger partial charge in [-0.3, -0.25) is 9.79 Å². The van der Waals surface area contributed by atoms with Crippen molar-refractivity contribution in [2.45, 2.75) is 19.3 Å². The number of nitrogens with one attached hydrogen (secondary N) is 3. The average molecular weight is 524 g/mol. The van der Waals surface area contributed by atoms with Crippen LogP contribution in [0.5, 0.6) is 11.5 Å². The van der Waals surface area contributed by atoms with Gasteiger partial charge in [0.2, 0.25) is 5.91 Å². The Morgan fingerprint density at radius 2 is 1.87 bits per heavy atom. The fraction of sp³-hybridized carbons (Fsp3) is 0.364. The first kappa shape index (κ1) is 23.8. The Morgan fingerprint density at radius 3 is 2.60 bits per heavy atom. The number of rotatable bonds is 8. The van der Waals surface area contributed by atoms with Crippen LogP contribution in [0.4, 0.5) is 5.69 Å². The van der Waals surface area contributed by atoms with Gasteiger partial charge in [-0.25, -0.2) is 0 Å². The van der Waals surface area contributed by atoms with Crippen molar-refractivity contribution in [3.05, 3.63) is 54.1 Å². The Bertz CT molecular complexity index is 843. The van der Waals surface area contributed by atoms with E-state index in [1.54, 1.807) is 7.11 Å². The molecule has 3 rings (SSSR count). The molecule has 1 heterocycles. The number of halogens is 1. The molecule has 0 aliphatic carbocycles. The number of amides is 1. The van der Waals surface area contributed by atoms with E-state index in [1.165, 1.54) is 0 Å². The van der Waals surface area contributed by atoms with Crippen molar-refractivity contribution in [1.82, 2.24) is 10.6 Å². The second-order valence-electron chi connectivity index (χ2n) is 6.71. The molecule has 2 aromatic rings. The van der Waals surface area contributed by atoms with E-state index in [9.17, 15) is 4.79 Å². The molecule has 0 spiro atoms. The second-order valence-corrected chi connectivity index (χ2v) is 6.71. The highest BCUT2D eigenvalue weighted by Gasteiger charge is 2.24. The quantitative estimate of drug-likeness (QED) is 0.214. The molecule has 1 amide bonds. The van der Waals surface area contributed by atoms with E-state index in [-0.39, 0.29) is 35.8 Å². The molecule has 162 valence electrons. The zero-order valence-corrected chi connectivity index (χ0v) is 19.6. The highest BCUT2D eigenvalue weighted by atomic mass is 127. The van der Waals surface area contributed by atoms with Crippen LogP contribution in [0.15, 0.2) is 53.5 Å². The summed E-state index contributed by atoms with van der Waals surface area (Å²) in [6.45, 7) is 4.44. The number of para-hydroxylation sites is 1. The fourth-order valence-electron chi connectivity index (χ4n) is 3.22. The summed E-state index contributed by atoms with van der Waals surface area (Å²) in [5.41, 5.74) is 2.02. The molecule has 1 atom stereocenters. The number of ether oxygens (including phenoxy) is 2. The molecular weight excluding hydrogens is 495 g/mol. The molecule has 0 aromatic heterocycles. The van der Waals surface area contributed by atoms with Crippen LogP contribution < -0.4 is 25.4 Å². The molecule has 2 aromatic carbocycles. The van der Waals surface area contributed by atoms with Crippen LogP contribution in [0, 0.1) is 0 Å². The number of aliphatic imine (C=N–C) groups is 1. The monoisotopic (exact) mass is 524 g/mol. The van der Waals surface area contributed by atoms with Crippen molar-refractivity contribution in [3.8, 4) is 11.5 Å². The van der Waals surface area contributed by atoms with Crippen molar-refractivity contribution in [2.24, 2.45) is 4.99 Å². The molecule has 0 fully saturated rings. The highest BCUT2D eigenvalue weighted by molar-refractivity contribution is 14.0. The third-order valence-electron chi connectivity index (χ3n) is 4.64. The van der Waals surface area contributed by atoms with Gasteiger partial charge in [0.25, 0.3) is 0 Å². The summed E-state index contributed by atoms with van der Waals surface area (Å²) in [5.74, 6) is 2.42. The molecule has 1 aliphatic rings. The number of fused-ring (bicyclic) bond motifs is 1. The van der Waals surface area contributed by atoms with Gasteiger partial charge in [-0.05, 0) is 42.8 Å². The molecule has 1 unspecified atom stereocenters. The van der Waals surface area contributed by atoms with Crippen LogP contribution in [-0.4, -0.2) is 45.2 Å². The molecule has 3 N–H and O–H groups in total. The lowest BCUT2D eigenvalue weighted by molar-refractivity contribution is -0.116. The van der Waals surface area contributed by atoms with Crippen LogP contribution in [0.3, 0.4) is 0 Å². The van der Waals surface area contributed by atoms with Crippen LogP contribution in [-0.2, 0) is 4.79 Å². The molecule has 0 saturated carbocycles. The Hall–Kier alpha value is -2.49. The minimum atomic E-state index is 0. The van der Waals surface area contributed by atoms with Crippen molar-refractivity contribution < 1.29 is 14.3 Å². The van der Waals surface area contributed by atoms with Crippen molar-refractivity contribution in [1.29, 1.82) is 0 Å². The number of carbonyl (C=O) groups excluding carboxylic acids is 1. The maximum absolute atomic E-state index is 12.0. The third-order valence-corrected chi connectivity index (χ3v) is 4.64. The summed E-state index contributed by atoms with van der Waals surface area (Å²) < 4.78 is 10.9. The fourth-order valence-corrected chi connectivity index (χ4v) is 3.22. The summed E-state index contributed by atoms with van der Waals surface area (Å²) >= 11 is 0. The SMILES string of the molecule is CCNC(=NCC1CC(=O)Nc2ccccc21)NCCOc1ccc(OC)cc1.I. The topological polar surface area (TPSA) is 84.0 Å². The minimum Gasteiger partial charge on any atom is -0.497 e. The number of hydrogen-bond donors (Lipinski definition) is 3. The number of hydrogen-bond acceptors (Lipinski definition) is 4. The normalized spacial score (nSPS) is 15.3. The first-order chi connectivity index (χ1) is 14.2. The molecule has 8 heteroatoms. The number of nitrogens with zero attached hydrogens (tertiary/aromatic N) is 1. The number of carbonyl (C=O) groups is 1. The van der Waals surface area contributed by atoms with E-state index in [0.29, 0.717) is 32.1 Å². The summed E-state index contributed by atoms with van der Waals surface area (Å²) in [5, 5.41) is 9.44. The second kappa shape index (κ2) is 12.3. The third kappa shape index (κ3) is 6.79. The van der Waals surface area contributed by atoms with Crippen molar-refractivity contribution in [2.75, 3.05) is 38.7 Å². The van der Waals surface area contributed by atoms with E-state index >= 15 is 0 Å². The van der Waals surface area contributed by atoms with E-state index in [1.807, 2.05) is 49.4 Å². The number of guanidine groups is 1. The molecule has 0 bridgehead atoms. The van der Waals surface area contributed by atoms with Crippen LogP contribution in [0.1, 0.15) is 24.8 Å². The van der Waals surface area contributed by atoms with E-state index < -0.39 is 0 Å². The lowest BCUT2D eigenvalue weighted by Crippen LogP contribution is -2.39.